The quantitative estimate of drug-likeness (QED) is 0.381. The predicted octanol–water partition coefficient (Wildman–Crippen LogP) is 2.88. The van der Waals surface area contributed by atoms with Crippen molar-refractivity contribution in [3.63, 3.8) is 0 Å². The van der Waals surface area contributed by atoms with Gasteiger partial charge in [0.2, 0.25) is 5.95 Å². The molecular formula is C21H19ClN6O2. The Bertz CT molecular complexity index is 1380. The van der Waals surface area contributed by atoms with Gasteiger partial charge in [0.15, 0.2) is 11.2 Å². The highest BCUT2D eigenvalue weighted by Gasteiger charge is 2.17. The first kappa shape index (κ1) is 19.7. The van der Waals surface area contributed by atoms with E-state index in [1.165, 1.54) is 4.57 Å². The molecule has 0 aliphatic heterocycles. The van der Waals surface area contributed by atoms with Crippen LogP contribution in [0.25, 0.3) is 11.2 Å². The molecule has 0 unspecified atom stereocenters. The molecule has 2 aromatic carbocycles. The molecule has 0 bridgehead atoms. The fourth-order valence-electron chi connectivity index (χ4n) is 3.21. The molecule has 2 heterocycles. The summed E-state index contributed by atoms with van der Waals surface area (Å²) in [5, 5.41) is 4.79. The molecule has 0 radical (unpaired) electrons. The van der Waals surface area contributed by atoms with Crippen LogP contribution >= 0.6 is 11.6 Å². The number of fused-ring (bicyclic) bond motifs is 1. The zero-order valence-corrected chi connectivity index (χ0v) is 17.1. The molecule has 152 valence electrons. The summed E-state index contributed by atoms with van der Waals surface area (Å²) in [6.07, 6.45) is 1.57. The van der Waals surface area contributed by atoms with E-state index in [0.29, 0.717) is 17.5 Å². The SMILES string of the molecule is Cc1cccc(Cn2c(NN=Cc3ccccc3Cl)nc3c2c(=O)[nH]c(=O)n3C)c1. The molecule has 0 amide bonds. The first-order chi connectivity index (χ1) is 14.4. The Labute approximate surface area is 176 Å². The van der Waals surface area contributed by atoms with Crippen molar-refractivity contribution in [2.45, 2.75) is 13.5 Å². The number of aromatic amines is 1. The zero-order chi connectivity index (χ0) is 21.3. The third kappa shape index (κ3) is 3.77. The van der Waals surface area contributed by atoms with Crippen molar-refractivity contribution in [1.29, 1.82) is 0 Å². The van der Waals surface area contributed by atoms with Crippen LogP contribution in [0.5, 0.6) is 0 Å². The van der Waals surface area contributed by atoms with Crippen molar-refractivity contribution < 1.29 is 0 Å². The minimum absolute atomic E-state index is 0.270. The van der Waals surface area contributed by atoms with E-state index in [1.807, 2.05) is 49.4 Å². The Morgan fingerprint density at radius 1 is 1.20 bits per heavy atom. The minimum atomic E-state index is -0.529. The summed E-state index contributed by atoms with van der Waals surface area (Å²) in [4.78, 5) is 31.4. The van der Waals surface area contributed by atoms with Crippen molar-refractivity contribution in [3.05, 3.63) is 91.1 Å². The highest BCUT2D eigenvalue weighted by atomic mass is 35.5. The van der Waals surface area contributed by atoms with E-state index in [4.69, 9.17) is 11.6 Å². The third-order valence-corrected chi connectivity index (χ3v) is 5.05. The summed E-state index contributed by atoms with van der Waals surface area (Å²) >= 11 is 6.16. The number of hydrogen-bond acceptors (Lipinski definition) is 5. The molecule has 0 saturated carbocycles. The maximum absolute atomic E-state index is 12.6. The number of anilines is 1. The molecule has 0 aliphatic carbocycles. The summed E-state index contributed by atoms with van der Waals surface area (Å²) in [7, 11) is 1.56. The number of aromatic nitrogens is 4. The lowest BCUT2D eigenvalue weighted by molar-refractivity contribution is 0.808. The number of hydrogen-bond donors (Lipinski definition) is 2. The van der Waals surface area contributed by atoms with Crippen LogP contribution in [0.15, 0.2) is 63.2 Å². The van der Waals surface area contributed by atoms with E-state index >= 15 is 0 Å². The number of imidazole rings is 1. The van der Waals surface area contributed by atoms with Gasteiger partial charge < -0.3 is 0 Å². The van der Waals surface area contributed by atoms with E-state index in [9.17, 15) is 9.59 Å². The van der Waals surface area contributed by atoms with Crippen molar-refractivity contribution >= 4 is 34.9 Å². The van der Waals surface area contributed by atoms with Gasteiger partial charge in [-0.15, -0.1) is 0 Å². The minimum Gasteiger partial charge on any atom is -0.298 e. The van der Waals surface area contributed by atoms with Crippen LogP contribution in [0.1, 0.15) is 16.7 Å². The van der Waals surface area contributed by atoms with Crippen LogP contribution in [0.4, 0.5) is 5.95 Å². The highest BCUT2D eigenvalue weighted by molar-refractivity contribution is 6.33. The van der Waals surface area contributed by atoms with Crippen LogP contribution in [0.3, 0.4) is 0 Å². The van der Waals surface area contributed by atoms with Crippen molar-refractivity contribution in [1.82, 2.24) is 19.1 Å². The number of halogens is 1. The molecule has 0 saturated heterocycles. The van der Waals surface area contributed by atoms with E-state index < -0.39 is 11.2 Å². The zero-order valence-electron chi connectivity index (χ0n) is 16.4. The first-order valence-electron chi connectivity index (χ1n) is 9.23. The summed E-state index contributed by atoms with van der Waals surface area (Å²) in [5.41, 5.74) is 5.23. The normalized spacial score (nSPS) is 11.4. The Hall–Kier alpha value is -3.65. The number of H-pyrrole nitrogens is 1. The van der Waals surface area contributed by atoms with Gasteiger partial charge in [-0.3, -0.25) is 18.9 Å². The summed E-state index contributed by atoms with van der Waals surface area (Å²) in [6.45, 7) is 2.38. The van der Waals surface area contributed by atoms with Crippen molar-refractivity contribution in [2.24, 2.45) is 12.1 Å². The molecule has 4 aromatic rings. The molecule has 2 aromatic heterocycles. The second kappa shape index (κ2) is 8.00. The molecule has 8 nitrogen and oxygen atoms in total. The van der Waals surface area contributed by atoms with Gasteiger partial charge in [0.1, 0.15) is 0 Å². The van der Waals surface area contributed by atoms with Crippen LogP contribution in [0.2, 0.25) is 5.02 Å². The van der Waals surface area contributed by atoms with Crippen LogP contribution < -0.4 is 16.7 Å². The second-order valence-electron chi connectivity index (χ2n) is 6.89. The number of hydrazone groups is 1. The predicted molar refractivity (Wildman–Crippen MR) is 119 cm³/mol. The van der Waals surface area contributed by atoms with Crippen molar-refractivity contribution in [2.75, 3.05) is 5.43 Å². The van der Waals surface area contributed by atoms with Gasteiger partial charge in [-0.2, -0.15) is 10.1 Å². The maximum Gasteiger partial charge on any atom is 0.329 e. The van der Waals surface area contributed by atoms with Crippen molar-refractivity contribution in [3.8, 4) is 0 Å². The Kier molecular flexibility index (Phi) is 5.24. The lowest BCUT2D eigenvalue weighted by Crippen LogP contribution is -2.29. The molecular weight excluding hydrogens is 404 g/mol. The molecule has 2 N–H and O–H groups in total. The van der Waals surface area contributed by atoms with Gasteiger partial charge in [0, 0.05) is 17.6 Å². The highest BCUT2D eigenvalue weighted by Crippen LogP contribution is 2.19. The van der Waals surface area contributed by atoms with E-state index in [1.54, 1.807) is 23.9 Å². The Morgan fingerprint density at radius 2 is 2.00 bits per heavy atom. The number of benzene rings is 2. The second-order valence-corrected chi connectivity index (χ2v) is 7.30. The van der Waals surface area contributed by atoms with Gasteiger partial charge in [0.05, 0.1) is 12.8 Å². The standard InChI is InChI=1S/C21H19ClN6O2/c1-13-6-5-7-14(10-13)12-28-17-18(27(2)21(30)25-19(17)29)24-20(28)26-23-11-15-8-3-4-9-16(15)22/h3-11H,12H2,1-2H3,(H,24,26)(H,25,29,30). The fourth-order valence-corrected chi connectivity index (χ4v) is 3.39. The number of nitrogens with one attached hydrogen (secondary N) is 2. The van der Waals surface area contributed by atoms with Crippen LogP contribution in [0, 0.1) is 6.92 Å². The third-order valence-electron chi connectivity index (χ3n) is 4.70. The monoisotopic (exact) mass is 422 g/mol. The summed E-state index contributed by atoms with van der Waals surface area (Å²) < 4.78 is 3.00. The molecule has 0 fully saturated rings. The lowest BCUT2D eigenvalue weighted by Gasteiger charge is -2.09. The van der Waals surface area contributed by atoms with E-state index in [0.717, 1.165) is 16.7 Å². The molecule has 4 rings (SSSR count). The first-order valence-corrected chi connectivity index (χ1v) is 9.60. The molecule has 9 heteroatoms. The fraction of sp³-hybridized carbons (Fsp3) is 0.143. The Balaban J connectivity index is 1.80. The van der Waals surface area contributed by atoms with Crippen LogP contribution in [-0.2, 0) is 13.6 Å². The van der Waals surface area contributed by atoms with E-state index in [-0.39, 0.29) is 11.2 Å². The number of nitrogens with zero attached hydrogens (tertiary/aromatic N) is 4. The summed E-state index contributed by atoms with van der Waals surface area (Å²) in [5.74, 6) is 0.335. The number of aryl methyl sites for hydroxylation is 2. The van der Waals surface area contributed by atoms with Gasteiger partial charge >= 0.3 is 5.69 Å². The van der Waals surface area contributed by atoms with Crippen LogP contribution in [-0.4, -0.2) is 25.3 Å². The largest absolute Gasteiger partial charge is 0.329 e. The van der Waals surface area contributed by atoms with Gasteiger partial charge in [-0.25, -0.2) is 10.2 Å². The molecule has 0 aliphatic rings. The van der Waals surface area contributed by atoms with E-state index in [2.05, 4.69) is 20.5 Å². The average molecular weight is 423 g/mol. The summed E-state index contributed by atoms with van der Waals surface area (Å²) in [6, 6.07) is 15.2. The molecule has 0 spiro atoms. The smallest absolute Gasteiger partial charge is 0.298 e. The molecule has 30 heavy (non-hydrogen) atoms. The lowest BCUT2D eigenvalue weighted by atomic mass is 10.1. The topological polar surface area (TPSA) is 97.1 Å². The maximum atomic E-state index is 12.6. The average Bonchev–Trinajstić information content (AvgIpc) is 3.07. The van der Waals surface area contributed by atoms with Gasteiger partial charge in [0.25, 0.3) is 5.56 Å². The van der Waals surface area contributed by atoms with Gasteiger partial charge in [-0.1, -0.05) is 59.6 Å². The molecule has 0 atom stereocenters. The number of rotatable bonds is 5. The Morgan fingerprint density at radius 3 is 2.77 bits per heavy atom. The van der Waals surface area contributed by atoms with Gasteiger partial charge in [-0.05, 0) is 18.6 Å².